The minimum atomic E-state index is -0.331. The highest BCUT2D eigenvalue weighted by Gasteiger charge is 2.18. The summed E-state index contributed by atoms with van der Waals surface area (Å²) in [6.45, 7) is 0.753. The molecule has 110 valence electrons. The normalized spacial score (nSPS) is 11.9. The number of rotatable bonds is 6. The summed E-state index contributed by atoms with van der Waals surface area (Å²) >= 11 is 0. The van der Waals surface area contributed by atoms with Crippen LogP contribution in [-0.4, -0.2) is 17.6 Å². The molecule has 0 bridgehead atoms. The van der Waals surface area contributed by atoms with E-state index in [9.17, 15) is 4.79 Å². The highest BCUT2D eigenvalue weighted by atomic mass is 16.3. The average Bonchev–Trinajstić information content (AvgIpc) is 2.55. The Hall–Kier alpha value is -2.17. The third-order valence-corrected chi connectivity index (χ3v) is 3.43. The van der Waals surface area contributed by atoms with Gasteiger partial charge in [0.25, 0.3) is 0 Å². The number of nitrogens with one attached hydrogen (secondary N) is 1. The molecule has 4 nitrogen and oxygen atoms in total. The number of amides is 1. The lowest BCUT2D eigenvalue weighted by Crippen LogP contribution is -2.33. The molecule has 1 unspecified atom stereocenters. The SMILES string of the molecule is NCC(C(=O)NCc1ccc(CO)cc1)c1ccccc1. The molecule has 4 N–H and O–H groups in total. The van der Waals surface area contributed by atoms with Crippen molar-refractivity contribution in [1.29, 1.82) is 0 Å². The second-order valence-corrected chi connectivity index (χ2v) is 4.89. The van der Waals surface area contributed by atoms with Crippen molar-refractivity contribution in [1.82, 2.24) is 5.32 Å². The second-order valence-electron chi connectivity index (χ2n) is 4.89. The second kappa shape index (κ2) is 7.57. The Balaban J connectivity index is 1.96. The lowest BCUT2D eigenvalue weighted by molar-refractivity contribution is -0.122. The first-order valence-electron chi connectivity index (χ1n) is 6.96. The molecule has 0 saturated heterocycles. The maximum Gasteiger partial charge on any atom is 0.229 e. The molecule has 0 spiro atoms. The molecule has 4 heteroatoms. The van der Waals surface area contributed by atoms with Gasteiger partial charge in [0.2, 0.25) is 5.91 Å². The van der Waals surface area contributed by atoms with Crippen molar-refractivity contribution in [2.75, 3.05) is 6.54 Å². The van der Waals surface area contributed by atoms with E-state index >= 15 is 0 Å². The van der Waals surface area contributed by atoms with Crippen LogP contribution in [0.1, 0.15) is 22.6 Å². The summed E-state index contributed by atoms with van der Waals surface area (Å²) in [6.07, 6.45) is 0. The van der Waals surface area contributed by atoms with Crippen LogP contribution in [0.2, 0.25) is 0 Å². The molecule has 0 aliphatic heterocycles. The first-order chi connectivity index (χ1) is 10.2. The highest BCUT2D eigenvalue weighted by molar-refractivity contribution is 5.83. The summed E-state index contributed by atoms with van der Waals surface area (Å²) in [7, 11) is 0. The fourth-order valence-electron chi connectivity index (χ4n) is 2.15. The van der Waals surface area contributed by atoms with Gasteiger partial charge < -0.3 is 16.2 Å². The van der Waals surface area contributed by atoms with Gasteiger partial charge in [0.1, 0.15) is 0 Å². The molecule has 0 aliphatic carbocycles. The van der Waals surface area contributed by atoms with Crippen molar-refractivity contribution in [2.45, 2.75) is 19.1 Å². The van der Waals surface area contributed by atoms with Gasteiger partial charge in [-0.05, 0) is 16.7 Å². The third kappa shape index (κ3) is 4.15. The summed E-state index contributed by atoms with van der Waals surface area (Å²) in [5.41, 5.74) is 8.49. The van der Waals surface area contributed by atoms with E-state index in [4.69, 9.17) is 10.8 Å². The smallest absolute Gasteiger partial charge is 0.229 e. The molecule has 0 aliphatic rings. The van der Waals surface area contributed by atoms with Gasteiger partial charge in [-0.3, -0.25) is 4.79 Å². The number of aliphatic hydroxyl groups excluding tert-OH is 1. The van der Waals surface area contributed by atoms with Crippen molar-refractivity contribution in [3.8, 4) is 0 Å². The standard InChI is InChI=1S/C17H20N2O2/c18-10-16(15-4-2-1-3-5-15)17(21)19-11-13-6-8-14(12-20)9-7-13/h1-9,16,20H,10-12,18H2,(H,19,21). The molecule has 2 aromatic rings. The Morgan fingerprint density at radius 2 is 1.67 bits per heavy atom. The molecule has 0 fully saturated rings. The van der Waals surface area contributed by atoms with Gasteiger partial charge in [0.15, 0.2) is 0 Å². The maximum absolute atomic E-state index is 12.2. The summed E-state index contributed by atoms with van der Waals surface area (Å²) in [5, 5.41) is 11.9. The third-order valence-electron chi connectivity index (χ3n) is 3.43. The fraction of sp³-hybridized carbons (Fsp3) is 0.235. The Bertz CT molecular complexity index is 567. The van der Waals surface area contributed by atoms with Crippen LogP contribution in [0.25, 0.3) is 0 Å². The quantitative estimate of drug-likeness (QED) is 0.753. The monoisotopic (exact) mass is 284 g/mol. The van der Waals surface area contributed by atoms with Gasteiger partial charge in [0, 0.05) is 13.1 Å². The van der Waals surface area contributed by atoms with Crippen LogP contribution in [0.3, 0.4) is 0 Å². The number of benzene rings is 2. The van der Waals surface area contributed by atoms with Crippen molar-refractivity contribution < 1.29 is 9.90 Å². The predicted molar refractivity (Wildman–Crippen MR) is 82.4 cm³/mol. The molecule has 2 aromatic carbocycles. The minimum absolute atomic E-state index is 0.0237. The van der Waals surface area contributed by atoms with Crippen LogP contribution in [0, 0.1) is 0 Å². The van der Waals surface area contributed by atoms with E-state index in [1.807, 2.05) is 54.6 Å². The van der Waals surface area contributed by atoms with Crippen LogP contribution in [-0.2, 0) is 17.9 Å². The molecule has 1 amide bonds. The molecular weight excluding hydrogens is 264 g/mol. The van der Waals surface area contributed by atoms with Crippen LogP contribution in [0.15, 0.2) is 54.6 Å². The van der Waals surface area contributed by atoms with Crippen molar-refractivity contribution in [3.63, 3.8) is 0 Å². The topological polar surface area (TPSA) is 75.4 Å². The van der Waals surface area contributed by atoms with Crippen molar-refractivity contribution in [2.24, 2.45) is 5.73 Å². The number of aliphatic hydroxyl groups is 1. The molecule has 2 rings (SSSR count). The number of nitrogens with two attached hydrogens (primary N) is 1. The minimum Gasteiger partial charge on any atom is -0.392 e. The Morgan fingerprint density at radius 3 is 2.24 bits per heavy atom. The summed E-state index contributed by atoms with van der Waals surface area (Å²) in [5.74, 6) is -0.405. The van der Waals surface area contributed by atoms with Crippen molar-refractivity contribution >= 4 is 5.91 Å². The molecule has 0 radical (unpaired) electrons. The van der Waals surface area contributed by atoms with E-state index in [1.165, 1.54) is 0 Å². The zero-order valence-electron chi connectivity index (χ0n) is 11.8. The Morgan fingerprint density at radius 1 is 1.05 bits per heavy atom. The molecule has 0 heterocycles. The highest BCUT2D eigenvalue weighted by Crippen LogP contribution is 2.14. The Labute approximate surface area is 124 Å². The molecule has 1 atom stereocenters. The van der Waals surface area contributed by atoms with E-state index in [-0.39, 0.29) is 25.0 Å². The zero-order valence-corrected chi connectivity index (χ0v) is 11.8. The predicted octanol–water partition coefficient (Wildman–Crippen LogP) is 1.54. The molecule has 0 saturated carbocycles. The Kier molecular flexibility index (Phi) is 5.49. The first kappa shape index (κ1) is 15.2. The lowest BCUT2D eigenvalue weighted by atomic mass is 9.98. The maximum atomic E-state index is 12.2. The largest absolute Gasteiger partial charge is 0.392 e. The molecule has 0 aromatic heterocycles. The van der Waals surface area contributed by atoms with Gasteiger partial charge in [-0.25, -0.2) is 0 Å². The van der Waals surface area contributed by atoms with E-state index in [2.05, 4.69) is 5.32 Å². The van der Waals surface area contributed by atoms with Gasteiger partial charge in [0.05, 0.1) is 12.5 Å². The number of hydrogen-bond donors (Lipinski definition) is 3. The molecule has 21 heavy (non-hydrogen) atoms. The van der Waals surface area contributed by atoms with E-state index in [1.54, 1.807) is 0 Å². The van der Waals surface area contributed by atoms with Crippen LogP contribution >= 0.6 is 0 Å². The fourth-order valence-corrected chi connectivity index (χ4v) is 2.15. The van der Waals surface area contributed by atoms with E-state index in [0.717, 1.165) is 16.7 Å². The van der Waals surface area contributed by atoms with E-state index in [0.29, 0.717) is 6.54 Å². The summed E-state index contributed by atoms with van der Waals surface area (Å²) in [6, 6.07) is 17.0. The zero-order chi connectivity index (χ0) is 15.1. The van der Waals surface area contributed by atoms with E-state index < -0.39 is 0 Å². The number of carbonyl (C=O) groups excluding carboxylic acids is 1. The van der Waals surface area contributed by atoms with Gasteiger partial charge >= 0.3 is 0 Å². The number of carbonyl (C=O) groups is 1. The van der Waals surface area contributed by atoms with Gasteiger partial charge in [-0.1, -0.05) is 54.6 Å². The van der Waals surface area contributed by atoms with Crippen LogP contribution < -0.4 is 11.1 Å². The van der Waals surface area contributed by atoms with Crippen LogP contribution in [0.5, 0.6) is 0 Å². The number of hydrogen-bond acceptors (Lipinski definition) is 3. The summed E-state index contributed by atoms with van der Waals surface area (Å²) < 4.78 is 0. The summed E-state index contributed by atoms with van der Waals surface area (Å²) in [4.78, 5) is 12.2. The van der Waals surface area contributed by atoms with Gasteiger partial charge in [-0.15, -0.1) is 0 Å². The van der Waals surface area contributed by atoms with Gasteiger partial charge in [-0.2, -0.15) is 0 Å². The van der Waals surface area contributed by atoms with Crippen molar-refractivity contribution in [3.05, 3.63) is 71.3 Å². The first-order valence-corrected chi connectivity index (χ1v) is 6.96. The average molecular weight is 284 g/mol. The van der Waals surface area contributed by atoms with Crippen LogP contribution in [0.4, 0.5) is 0 Å². The molecular formula is C17H20N2O2. The lowest BCUT2D eigenvalue weighted by Gasteiger charge is -2.15.